The van der Waals surface area contributed by atoms with Crippen LogP contribution in [0.3, 0.4) is 0 Å². The van der Waals surface area contributed by atoms with Crippen LogP contribution in [0.5, 0.6) is 28.7 Å². The van der Waals surface area contributed by atoms with E-state index in [1.807, 2.05) is 0 Å². The van der Waals surface area contributed by atoms with Gasteiger partial charge in [0.25, 0.3) is 0 Å². The fourth-order valence-corrected chi connectivity index (χ4v) is 3.80. The van der Waals surface area contributed by atoms with Gasteiger partial charge in [-0.1, -0.05) is 5.21 Å². The summed E-state index contributed by atoms with van der Waals surface area (Å²) in [6, 6.07) is 8.31. The van der Waals surface area contributed by atoms with E-state index in [-0.39, 0.29) is 18.1 Å². The molecule has 3 aromatic rings. The molecule has 1 aromatic heterocycles. The number of hydrogen-bond acceptors (Lipinski definition) is 9. The van der Waals surface area contributed by atoms with E-state index in [0.29, 0.717) is 34.2 Å². The zero-order valence-corrected chi connectivity index (χ0v) is 19.2. The van der Waals surface area contributed by atoms with Crippen molar-refractivity contribution in [3.8, 4) is 45.7 Å². The molecule has 1 unspecified atom stereocenters. The number of rotatable bonds is 10. The maximum absolute atomic E-state index is 12.1. The number of benzene rings is 2. The number of aromatic nitrogens is 3. The lowest BCUT2D eigenvalue weighted by Crippen LogP contribution is -2.03. The summed E-state index contributed by atoms with van der Waals surface area (Å²) in [5.74, 6) is 1.62. The minimum Gasteiger partial charge on any atom is -0.493 e. The summed E-state index contributed by atoms with van der Waals surface area (Å²) in [5, 5.41) is 8.16. The Hall–Kier alpha value is -3.27. The van der Waals surface area contributed by atoms with Crippen LogP contribution >= 0.6 is 7.82 Å². The van der Waals surface area contributed by atoms with Crippen LogP contribution in [0, 0.1) is 0 Å². The van der Waals surface area contributed by atoms with Gasteiger partial charge in [-0.25, -0.2) is 9.25 Å². The van der Waals surface area contributed by atoms with Crippen LogP contribution in [0.1, 0.15) is 6.92 Å². The number of ether oxygens (including phenoxy) is 4. The maximum atomic E-state index is 12.1. The van der Waals surface area contributed by atoms with E-state index in [1.54, 1.807) is 35.9 Å². The number of nitrogens with zero attached hydrogens (tertiary/aromatic N) is 3. The van der Waals surface area contributed by atoms with Gasteiger partial charge in [0.05, 0.1) is 52.6 Å². The molecule has 0 aliphatic carbocycles. The fourth-order valence-electron chi connectivity index (χ4n) is 3.03. The average Bonchev–Trinajstić information content (AvgIpc) is 3.27. The quantitative estimate of drug-likeness (QED) is 0.445. The standard InChI is InChI=1S/C20H24N3O8P/c1-6-30-32(24,25)31-17-9-13(7-8-16(17)26-2)15-12-21-22-23(15)14-10-18(27-3)20(29-5)19(11-14)28-4/h7-12H,6H2,1-5H3,(H,24,25). The zero-order chi connectivity index (χ0) is 23.3. The van der Waals surface area contributed by atoms with Gasteiger partial charge in [-0.3, -0.25) is 9.42 Å². The first-order chi connectivity index (χ1) is 15.4. The summed E-state index contributed by atoms with van der Waals surface area (Å²) in [4.78, 5) is 9.89. The van der Waals surface area contributed by atoms with E-state index in [1.165, 1.54) is 40.7 Å². The molecule has 1 heterocycles. The number of phosphoric acid groups is 1. The molecule has 1 N–H and O–H groups in total. The third-order valence-corrected chi connectivity index (χ3v) is 5.42. The normalized spacial score (nSPS) is 12.7. The lowest BCUT2D eigenvalue weighted by molar-refractivity contribution is 0.210. The monoisotopic (exact) mass is 465 g/mol. The smallest absolute Gasteiger partial charge is 0.493 e. The Morgan fingerprint density at radius 2 is 1.59 bits per heavy atom. The fraction of sp³-hybridized carbons (Fsp3) is 0.300. The van der Waals surface area contributed by atoms with E-state index in [9.17, 15) is 9.46 Å². The summed E-state index contributed by atoms with van der Waals surface area (Å²) < 4.78 is 45.1. The second kappa shape index (κ2) is 9.90. The van der Waals surface area contributed by atoms with Gasteiger partial charge in [-0.05, 0) is 25.1 Å². The van der Waals surface area contributed by atoms with Crippen molar-refractivity contribution < 1.29 is 37.5 Å². The molecule has 0 radical (unpaired) electrons. The number of methoxy groups -OCH3 is 4. The van der Waals surface area contributed by atoms with Gasteiger partial charge in [-0.15, -0.1) is 5.10 Å². The first kappa shape index (κ1) is 23.4. The SMILES string of the molecule is CCOP(=O)(O)Oc1cc(-c2cnnn2-c2cc(OC)c(OC)c(OC)c2)ccc1OC. The van der Waals surface area contributed by atoms with Crippen LogP contribution in [-0.4, -0.2) is 54.9 Å². The summed E-state index contributed by atoms with van der Waals surface area (Å²) in [7, 11) is 1.65. The van der Waals surface area contributed by atoms with E-state index >= 15 is 0 Å². The minimum absolute atomic E-state index is 0.00755. The van der Waals surface area contributed by atoms with Crippen molar-refractivity contribution in [2.45, 2.75) is 6.92 Å². The topological polar surface area (TPSA) is 123 Å². The van der Waals surface area contributed by atoms with E-state index in [4.69, 9.17) is 28.0 Å². The zero-order valence-electron chi connectivity index (χ0n) is 18.3. The Balaban J connectivity index is 2.09. The van der Waals surface area contributed by atoms with Gasteiger partial charge >= 0.3 is 7.82 Å². The molecule has 0 saturated carbocycles. The molecule has 2 aromatic carbocycles. The molecule has 0 fully saturated rings. The van der Waals surface area contributed by atoms with Crippen LogP contribution in [0.4, 0.5) is 0 Å². The molecule has 172 valence electrons. The summed E-state index contributed by atoms with van der Waals surface area (Å²) in [5.41, 5.74) is 1.75. The predicted molar refractivity (Wildman–Crippen MR) is 115 cm³/mol. The highest BCUT2D eigenvalue weighted by Crippen LogP contribution is 2.47. The molecular weight excluding hydrogens is 441 g/mol. The van der Waals surface area contributed by atoms with Crippen molar-refractivity contribution in [2.24, 2.45) is 0 Å². The first-order valence-electron chi connectivity index (χ1n) is 9.43. The highest BCUT2D eigenvalue weighted by Gasteiger charge is 2.25. The van der Waals surface area contributed by atoms with Crippen molar-refractivity contribution >= 4 is 7.82 Å². The van der Waals surface area contributed by atoms with Crippen LogP contribution in [0.25, 0.3) is 16.9 Å². The third-order valence-electron chi connectivity index (χ3n) is 4.41. The van der Waals surface area contributed by atoms with Crippen LogP contribution in [0.15, 0.2) is 36.5 Å². The molecule has 3 rings (SSSR count). The first-order valence-corrected chi connectivity index (χ1v) is 10.9. The van der Waals surface area contributed by atoms with Crippen molar-refractivity contribution in [3.05, 3.63) is 36.5 Å². The lowest BCUT2D eigenvalue weighted by Gasteiger charge is -2.16. The summed E-state index contributed by atoms with van der Waals surface area (Å²) in [6.45, 7) is 1.59. The number of phosphoric ester groups is 1. The molecule has 0 aliphatic rings. The van der Waals surface area contributed by atoms with Gasteiger partial charge in [-0.2, -0.15) is 0 Å². The summed E-state index contributed by atoms with van der Waals surface area (Å²) in [6.07, 6.45) is 1.54. The van der Waals surface area contributed by atoms with E-state index in [0.717, 1.165) is 0 Å². The molecular formula is C20H24N3O8P. The largest absolute Gasteiger partial charge is 0.527 e. The molecule has 0 bridgehead atoms. The number of hydrogen-bond donors (Lipinski definition) is 1. The second-order valence-corrected chi connectivity index (χ2v) is 7.64. The Labute approximate surface area is 185 Å². The van der Waals surface area contributed by atoms with Crippen LogP contribution in [0.2, 0.25) is 0 Å². The Morgan fingerprint density at radius 3 is 2.16 bits per heavy atom. The highest BCUT2D eigenvalue weighted by molar-refractivity contribution is 7.47. The molecule has 1 atom stereocenters. The van der Waals surface area contributed by atoms with Crippen molar-refractivity contribution in [1.82, 2.24) is 15.0 Å². The van der Waals surface area contributed by atoms with Gasteiger partial charge in [0.15, 0.2) is 23.0 Å². The van der Waals surface area contributed by atoms with E-state index < -0.39 is 7.82 Å². The second-order valence-electron chi connectivity index (χ2n) is 6.26. The third kappa shape index (κ3) is 4.80. The predicted octanol–water partition coefficient (Wildman–Crippen LogP) is 3.48. The Morgan fingerprint density at radius 1 is 0.938 bits per heavy atom. The Kier molecular flexibility index (Phi) is 7.24. The van der Waals surface area contributed by atoms with Crippen LogP contribution < -0.4 is 23.5 Å². The molecule has 0 amide bonds. The minimum atomic E-state index is -4.32. The van der Waals surface area contributed by atoms with Crippen LogP contribution in [-0.2, 0) is 9.09 Å². The molecule has 0 spiro atoms. The molecule has 0 aliphatic heterocycles. The molecule has 11 nitrogen and oxygen atoms in total. The van der Waals surface area contributed by atoms with Gasteiger partial charge < -0.3 is 23.5 Å². The van der Waals surface area contributed by atoms with Crippen molar-refractivity contribution in [3.63, 3.8) is 0 Å². The lowest BCUT2D eigenvalue weighted by atomic mass is 10.1. The Bertz CT molecular complexity index is 1110. The average molecular weight is 465 g/mol. The van der Waals surface area contributed by atoms with Gasteiger partial charge in [0.1, 0.15) is 0 Å². The van der Waals surface area contributed by atoms with Gasteiger partial charge in [0, 0.05) is 17.7 Å². The highest BCUT2D eigenvalue weighted by atomic mass is 31.2. The maximum Gasteiger partial charge on any atom is 0.527 e. The molecule has 32 heavy (non-hydrogen) atoms. The van der Waals surface area contributed by atoms with Crippen molar-refractivity contribution in [2.75, 3.05) is 35.0 Å². The summed E-state index contributed by atoms with van der Waals surface area (Å²) >= 11 is 0. The van der Waals surface area contributed by atoms with E-state index in [2.05, 4.69) is 10.3 Å². The van der Waals surface area contributed by atoms with Crippen molar-refractivity contribution in [1.29, 1.82) is 0 Å². The molecule has 0 saturated heterocycles. The molecule has 12 heteroatoms. The van der Waals surface area contributed by atoms with Gasteiger partial charge in [0.2, 0.25) is 5.75 Å².